The Kier molecular flexibility index (Phi) is 29.9. The summed E-state index contributed by atoms with van der Waals surface area (Å²) >= 11 is 0. The van der Waals surface area contributed by atoms with Gasteiger partial charge >= 0.3 is 15.6 Å². The number of phenols is 1. The normalized spacial score (nSPS) is 27.0. The molecule has 1 aromatic rings. The molecule has 0 radical (unpaired) electrons. The van der Waals surface area contributed by atoms with Crippen molar-refractivity contribution in [3.8, 4) is 5.75 Å². The third-order valence-electron chi connectivity index (χ3n) is 15.1. The van der Waals surface area contributed by atoms with Crippen molar-refractivity contribution < 1.29 is 105 Å². The molecule has 29 nitrogen and oxygen atoms in total. The van der Waals surface area contributed by atoms with Gasteiger partial charge in [-0.25, -0.2) is 0 Å². The first-order valence-electron chi connectivity index (χ1n) is 28.6. The van der Waals surface area contributed by atoms with E-state index in [9.17, 15) is 92.4 Å². The van der Waals surface area contributed by atoms with Gasteiger partial charge in [-0.3, -0.25) is 48.2 Å². The summed E-state index contributed by atoms with van der Waals surface area (Å²) in [5.41, 5.74) is 5.51. The Morgan fingerprint density at radius 3 is 1.91 bits per heavy atom. The molecule has 490 valence electrons. The summed E-state index contributed by atoms with van der Waals surface area (Å²) < 4.78 is 57.5. The molecule has 3 heterocycles. The molecule has 19 N–H and O–H groups in total. The molecule has 0 saturated carbocycles. The first-order chi connectivity index (χ1) is 40.1. The van der Waals surface area contributed by atoms with Crippen LogP contribution in [0.2, 0.25) is 0 Å². The van der Waals surface area contributed by atoms with Crippen molar-refractivity contribution >= 4 is 57.4 Å². The minimum absolute atomic E-state index is 0.0454. The highest BCUT2D eigenvalue weighted by molar-refractivity contribution is 7.86. The Morgan fingerprint density at radius 1 is 0.767 bits per heavy atom. The lowest BCUT2D eigenvalue weighted by Gasteiger charge is -2.35. The zero-order valence-corrected chi connectivity index (χ0v) is 49.3. The number of nitrogens with two attached hydrogens (primary N) is 2. The summed E-state index contributed by atoms with van der Waals surface area (Å²) in [7, 11) is -5.84. The summed E-state index contributed by atoms with van der Waals surface area (Å²) in [5.74, 6) is -8.12. The van der Waals surface area contributed by atoms with Crippen LogP contribution in [-0.2, 0) is 48.5 Å². The molecule has 3 aliphatic rings. The van der Waals surface area contributed by atoms with E-state index in [0.717, 1.165) is 67.4 Å². The second kappa shape index (κ2) is 34.6. The molecule has 3 aliphatic heterocycles. The summed E-state index contributed by atoms with van der Waals surface area (Å²) in [6.45, 7) is 6.74. The van der Waals surface area contributed by atoms with Gasteiger partial charge in [-0.2, -0.15) is 21.6 Å². The molecule has 8 amide bonds. The smallest absolute Gasteiger partial charge is 0.508 e. The highest BCUT2D eigenvalue weighted by atomic mass is 32.2. The number of primary amides is 1. The zero-order chi connectivity index (χ0) is 65.0. The van der Waals surface area contributed by atoms with Crippen molar-refractivity contribution in [2.45, 2.75) is 208 Å². The van der Waals surface area contributed by atoms with Gasteiger partial charge < -0.3 is 88.7 Å². The lowest BCUT2D eigenvalue weighted by atomic mass is 9.91. The van der Waals surface area contributed by atoms with E-state index in [-0.39, 0.29) is 37.2 Å². The monoisotopic (exact) mass is 1260 g/mol. The minimum atomic E-state index is -5.84. The van der Waals surface area contributed by atoms with Crippen LogP contribution in [0.1, 0.15) is 129 Å². The fourth-order valence-corrected chi connectivity index (χ4v) is 10.2. The second-order valence-electron chi connectivity index (χ2n) is 22.3. The number of benzene rings is 1. The molecule has 16 atom stereocenters. The quantitative estimate of drug-likeness (QED) is 0.0289. The molecule has 33 heteroatoms. The Morgan fingerprint density at radius 2 is 1.34 bits per heavy atom. The van der Waals surface area contributed by atoms with Gasteiger partial charge in [0.2, 0.25) is 47.3 Å². The lowest BCUT2D eigenvalue weighted by molar-refractivity contribution is -0.148. The summed E-state index contributed by atoms with van der Waals surface area (Å²) in [4.78, 5) is 114. The maximum Gasteiger partial charge on any atom is 0.522 e. The van der Waals surface area contributed by atoms with Gasteiger partial charge in [0, 0.05) is 45.4 Å². The van der Waals surface area contributed by atoms with Crippen LogP contribution in [0.4, 0.5) is 13.2 Å². The van der Waals surface area contributed by atoms with Crippen molar-refractivity contribution in [3.63, 3.8) is 0 Å². The van der Waals surface area contributed by atoms with Gasteiger partial charge in [0.1, 0.15) is 60.4 Å². The lowest BCUT2D eigenvalue weighted by Crippen LogP contribution is -2.65. The number of nitrogens with zero attached hydrogens (tertiary/aromatic N) is 2. The van der Waals surface area contributed by atoms with E-state index in [1.165, 1.54) is 18.6 Å². The molecule has 0 aromatic heterocycles. The van der Waals surface area contributed by atoms with E-state index in [1.807, 2.05) is 0 Å². The topological polar surface area (TPSA) is 483 Å². The van der Waals surface area contributed by atoms with Crippen LogP contribution in [0, 0.1) is 11.8 Å². The number of carbonyl (C=O) groups excluding carboxylic acids is 8. The standard InChI is InChI=1S/C52H86N10O16.CHF3O3S/c1-5-27(2)22-28(3)12-10-8-6-7-9-11-13-39(70)56-33-24-37(68)46(55-20-19-53)60-50(76)43-35(66)18-21-61(43)52(78)41(36(67)25-38(54)69)58-49(75)42(45(72)44(71)30-14-16-31(64)17-15-30)59-48(74)34-23-32(65)26-62(34)51(77)40(29(4)63)57-47(33)73;2-1(3,4)8(5,6)7/h14-17,27-29,32-37,40-46,55,63-68,71-72H,5-13,18-26,53H2,1-4H3,(H2,54,69)(H,56,70)(H,57,73)(H,58,75)(H,59,74)(H,60,76);(H,5,6,7)/t27-,28+,29+,32+,33-,34?,35-,36+,37+,40-,41-,42-,43?,44-,45-,46+;/m0./s1. The number of unbranched alkanes of at least 4 members (excludes halogenated alkanes) is 5. The highest BCUT2D eigenvalue weighted by Gasteiger charge is 2.49. The predicted molar refractivity (Wildman–Crippen MR) is 298 cm³/mol. The van der Waals surface area contributed by atoms with E-state index in [1.54, 1.807) is 0 Å². The summed E-state index contributed by atoms with van der Waals surface area (Å²) in [6, 6.07) is -7.06. The number of amides is 8. The van der Waals surface area contributed by atoms with Crippen LogP contribution < -0.4 is 43.4 Å². The maximum absolute atomic E-state index is 14.6. The first-order valence-corrected chi connectivity index (χ1v) is 30.0. The van der Waals surface area contributed by atoms with E-state index < -0.39 is 180 Å². The number of nitrogens with one attached hydrogen (secondary N) is 6. The first kappa shape index (κ1) is 74.4. The molecule has 1 aromatic carbocycles. The number of rotatable bonds is 23. The average Bonchev–Trinajstić information content (AvgIpc) is 1.89. The summed E-state index contributed by atoms with van der Waals surface area (Å²) in [6.07, 6.45) is -8.60. The van der Waals surface area contributed by atoms with Crippen molar-refractivity contribution in [2.24, 2.45) is 23.3 Å². The van der Waals surface area contributed by atoms with Crippen LogP contribution in [0.3, 0.4) is 0 Å². The summed E-state index contributed by atoms with van der Waals surface area (Å²) in [5, 5.41) is 104. The molecule has 86 heavy (non-hydrogen) atoms. The number of hydrogen-bond acceptors (Lipinski definition) is 20. The Labute approximate surface area is 496 Å². The Bertz CT molecular complexity index is 2520. The number of fused-ring (bicyclic) bond motifs is 2. The molecule has 0 bridgehead atoms. The number of carbonyl (C=O) groups is 8. The van der Waals surface area contributed by atoms with Crippen molar-refractivity contribution in [3.05, 3.63) is 29.8 Å². The molecule has 2 unspecified atom stereocenters. The minimum Gasteiger partial charge on any atom is -0.508 e. The molecular formula is C53H87F3N10O19S. The SMILES string of the molecule is CC[C@H](C)C[C@H](C)CCCCCCCCC(=O)N[C@H]1C[C@@H](O)[C@H](NCCN)NC(=O)C2[C@@H](O)CCN2C(=O)[C@H]([C@H](O)CC(N)=O)NC(=O)[C@H]([C@H](O)[C@@H](O)c2ccc(O)cc2)NC(=O)C2C[C@@H](O)CN2C(=O)[C@H]([C@@H](C)O)NC1=O.O=S(=O)(O)C(F)(F)F. The third-order valence-corrected chi connectivity index (χ3v) is 15.7. The fraction of sp³-hybridized carbons (Fsp3) is 0.736. The van der Waals surface area contributed by atoms with E-state index >= 15 is 0 Å². The van der Waals surface area contributed by atoms with Gasteiger partial charge in [0.25, 0.3) is 0 Å². The van der Waals surface area contributed by atoms with E-state index in [2.05, 4.69) is 52.7 Å². The Hall–Kier alpha value is -5.88. The van der Waals surface area contributed by atoms with Crippen LogP contribution in [0.5, 0.6) is 5.75 Å². The van der Waals surface area contributed by atoms with Crippen molar-refractivity contribution in [1.29, 1.82) is 0 Å². The molecule has 0 aliphatic carbocycles. The molecular weight excluding hydrogens is 1170 g/mol. The molecule has 3 saturated heterocycles. The number of alkyl halides is 3. The molecule has 4 rings (SSSR count). The third kappa shape index (κ3) is 22.7. The number of aliphatic hydroxyl groups excluding tert-OH is 7. The fourth-order valence-electron chi connectivity index (χ4n) is 10.2. The number of aromatic hydroxyl groups is 1. The number of halogens is 3. The van der Waals surface area contributed by atoms with Gasteiger partial charge in [0.15, 0.2) is 0 Å². The van der Waals surface area contributed by atoms with Gasteiger partial charge in [-0.05, 0) is 55.7 Å². The van der Waals surface area contributed by atoms with Crippen LogP contribution >= 0.6 is 0 Å². The van der Waals surface area contributed by atoms with Gasteiger partial charge in [-0.1, -0.05) is 77.8 Å². The van der Waals surface area contributed by atoms with E-state index in [0.29, 0.717) is 24.7 Å². The van der Waals surface area contributed by atoms with Crippen LogP contribution in [0.15, 0.2) is 24.3 Å². The molecule has 3 fully saturated rings. The highest BCUT2D eigenvalue weighted by Crippen LogP contribution is 2.27. The van der Waals surface area contributed by atoms with Crippen molar-refractivity contribution in [2.75, 3.05) is 26.2 Å². The number of aliphatic hydroxyl groups is 7. The zero-order valence-electron chi connectivity index (χ0n) is 48.5. The van der Waals surface area contributed by atoms with Crippen LogP contribution in [-0.4, -0.2) is 222 Å². The molecule has 0 spiro atoms. The van der Waals surface area contributed by atoms with E-state index in [4.69, 9.17) is 24.4 Å². The second-order valence-corrected chi connectivity index (χ2v) is 23.7. The number of hydrogen-bond donors (Lipinski definition) is 17. The maximum atomic E-state index is 14.6. The van der Waals surface area contributed by atoms with Crippen molar-refractivity contribution in [1.82, 2.24) is 41.7 Å². The average molecular weight is 1260 g/mol. The van der Waals surface area contributed by atoms with Crippen LogP contribution in [0.25, 0.3) is 0 Å². The number of phenolic OH excluding ortho intramolecular Hbond substituents is 1. The Balaban J connectivity index is 0.00000225. The largest absolute Gasteiger partial charge is 0.522 e. The van der Waals surface area contributed by atoms with Gasteiger partial charge in [-0.15, -0.1) is 0 Å². The predicted octanol–water partition coefficient (Wildman–Crippen LogP) is -3.39. The van der Waals surface area contributed by atoms with Gasteiger partial charge in [0.05, 0.1) is 36.9 Å².